The number of aliphatic hydroxyl groups excluding tert-OH is 2. The first-order chi connectivity index (χ1) is 32.0. The van der Waals surface area contributed by atoms with Gasteiger partial charge in [0.25, 0.3) is 0 Å². The molecule has 0 saturated heterocycles. The molecule has 386 valence electrons. The second-order valence-electron chi connectivity index (χ2n) is 20.3. The van der Waals surface area contributed by atoms with Crippen LogP contribution in [0.5, 0.6) is 0 Å². The molecule has 0 bridgehead atoms. The van der Waals surface area contributed by atoms with Gasteiger partial charge in [0, 0.05) is 12.8 Å². The number of carbonyl (C=O) groups is 2. The summed E-state index contributed by atoms with van der Waals surface area (Å²) >= 11 is 0. The van der Waals surface area contributed by atoms with Crippen molar-refractivity contribution < 1.29 is 24.5 Å². The van der Waals surface area contributed by atoms with E-state index >= 15 is 0 Å². The topological polar surface area (TPSA) is 95.9 Å². The lowest BCUT2D eigenvalue weighted by Crippen LogP contribution is -2.45. The summed E-state index contributed by atoms with van der Waals surface area (Å²) in [7, 11) is 0. The van der Waals surface area contributed by atoms with Crippen LogP contribution >= 0.6 is 0 Å². The molecule has 1 amide bonds. The number of nitrogens with one attached hydrogen (secondary N) is 1. The Bertz CT molecular complexity index is 970. The van der Waals surface area contributed by atoms with E-state index in [-0.39, 0.29) is 18.5 Å². The first kappa shape index (κ1) is 63.6. The summed E-state index contributed by atoms with van der Waals surface area (Å²) in [6.07, 6.45) is 65.0. The zero-order chi connectivity index (χ0) is 47.2. The van der Waals surface area contributed by atoms with Crippen molar-refractivity contribution >= 4 is 11.9 Å². The summed E-state index contributed by atoms with van der Waals surface area (Å²) in [6, 6.07) is -0.579. The number of rotatable bonds is 55. The molecule has 0 heterocycles. The standard InChI is InChI=1S/C59H115NO5/c1-3-5-7-9-11-13-15-17-19-21-22-23-24-25-26-27-28-30-32-35-39-43-47-51-57(62)56(55-61)60-58(63)52-48-44-40-36-34-38-42-46-50-54-65-59(64)53-49-45-41-37-33-31-29-20-18-16-14-12-10-8-6-4-2/h36,40,56-57,61-62H,3-35,37-39,41-55H2,1-2H3,(H,60,63)/b40-36-. The van der Waals surface area contributed by atoms with Gasteiger partial charge in [-0.2, -0.15) is 0 Å². The minimum absolute atomic E-state index is 0.0309. The smallest absolute Gasteiger partial charge is 0.305 e. The highest BCUT2D eigenvalue weighted by molar-refractivity contribution is 5.76. The SMILES string of the molecule is CCCCCCCCCCCCCCCCCCCCCCCCCC(O)C(CO)NC(=O)CCC/C=C\CCCCCCOC(=O)CCCCCCCCCCCCCCCCCC. The molecule has 0 aromatic carbocycles. The fourth-order valence-electron chi connectivity index (χ4n) is 9.29. The molecule has 0 rings (SSSR count). The van der Waals surface area contributed by atoms with Crippen LogP contribution in [0.2, 0.25) is 0 Å². The van der Waals surface area contributed by atoms with Crippen molar-refractivity contribution in [1.82, 2.24) is 5.32 Å². The fraction of sp³-hybridized carbons (Fsp3) is 0.932. The van der Waals surface area contributed by atoms with Crippen LogP contribution in [-0.2, 0) is 14.3 Å². The number of hydrogen-bond acceptors (Lipinski definition) is 5. The maximum atomic E-state index is 12.5. The van der Waals surface area contributed by atoms with Gasteiger partial charge in [-0.15, -0.1) is 0 Å². The molecule has 3 N–H and O–H groups in total. The summed E-state index contributed by atoms with van der Waals surface area (Å²) in [6.45, 7) is 4.89. The van der Waals surface area contributed by atoms with Crippen LogP contribution in [0.15, 0.2) is 12.2 Å². The average Bonchev–Trinajstić information content (AvgIpc) is 3.31. The summed E-state index contributed by atoms with van der Waals surface area (Å²) in [5, 5.41) is 23.3. The van der Waals surface area contributed by atoms with Crippen LogP contribution in [0.3, 0.4) is 0 Å². The molecule has 0 spiro atoms. The third-order valence-electron chi connectivity index (χ3n) is 13.8. The number of amides is 1. The van der Waals surface area contributed by atoms with Crippen molar-refractivity contribution in [1.29, 1.82) is 0 Å². The minimum atomic E-state index is -0.695. The molecule has 6 heteroatoms. The third-order valence-corrected chi connectivity index (χ3v) is 13.8. The molecule has 0 aliphatic heterocycles. The van der Waals surface area contributed by atoms with Crippen LogP contribution in [0.4, 0.5) is 0 Å². The van der Waals surface area contributed by atoms with E-state index < -0.39 is 12.1 Å². The predicted octanol–water partition coefficient (Wildman–Crippen LogP) is 18.1. The van der Waals surface area contributed by atoms with Crippen LogP contribution in [-0.4, -0.2) is 47.4 Å². The van der Waals surface area contributed by atoms with Crippen LogP contribution < -0.4 is 5.32 Å². The average molecular weight is 919 g/mol. The van der Waals surface area contributed by atoms with Crippen LogP contribution in [0.25, 0.3) is 0 Å². The monoisotopic (exact) mass is 918 g/mol. The van der Waals surface area contributed by atoms with Gasteiger partial charge in [-0.25, -0.2) is 0 Å². The Balaban J connectivity index is 3.49. The van der Waals surface area contributed by atoms with Gasteiger partial charge < -0.3 is 20.3 Å². The fourth-order valence-corrected chi connectivity index (χ4v) is 9.29. The molecule has 2 atom stereocenters. The lowest BCUT2D eigenvalue weighted by atomic mass is 10.0. The molecule has 0 aliphatic carbocycles. The van der Waals surface area contributed by atoms with Gasteiger partial charge in [0.05, 0.1) is 25.4 Å². The van der Waals surface area contributed by atoms with Gasteiger partial charge in [0.15, 0.2) is 0 Å². The number of unbranched alkanes of at least 4 members (excludes halogenated alkanes) is 42. The summed E-state index contributed by atoms with van der Waals surface area (Å²) in [5.74, 6) is -0.122. The van der Waals surface area contributed by atoms with Crippen LogP contribution in [0.1, 0.15) is 328 Å². The predicted molar refractivity (Wildman–Crippen MR) is 283 cm³/mol. The van der Waals surface area contributed by atoms with Gasteiger partial charge in [-0.05, 0) is 44.9 Å². The molecule has 0 radical (unpaired) electrons. The molecule has 65 heavy (non-hydrogen) atoms. The highest BCUT2D eigenvalue weighted by Gasteiger charge is 2.20. The van der Waals surface area contributed by atoms with E-state index in [1.807, 2.05) is 0 Å². The van der Waals surface area contributed by atoms with Gasteiger partial charge in [0.2, 0.25) is 5.91 Å². The molecular formula is C59H115NO5. The summed E-state index contributed by atoms with van der Waals surface area (Å²) < 4.78 is 5.46. The summed E-state index contributed by atoms with van der Waals surface area (Å²) in [4.78, 5) is 24.5. The Hall–Kier alpha value is -1.40. The third kappa shape index (κ3) is 51.8. The Morgan fingerprint density at radius 3 is 1.12 bits per heavy atom. The Kier molecular flexibility index (Phi) is 54.0. The Labute approximate surface area is 406 Å². The minimum Gasteiger partial charge on any atom is -0.466 e. The van der Waals surface area contributed by atoms with E-state index in [9.17, 15) is 19.8 Å². The van der Waals surface area contributed by atoms with Crippen molar-refractivity contribution in [3.63, 3.8) is 0 Å². The number of allylic oxidation sites excluding steroid dienone is 2. The number of aliphatic hydroxyl groups is 2. The second-order valence-corrected chi connectivity index (χ2v) is 20.3. The molecule has 0 saturated carbocycles. The summed E-state index contributed by atoms with van der Waals surface area (Å²) in [5.41, 5.74) is 0. The van der Waals surface area contributed by atoms with Crippen molar-refractivity contribution in [3.05, 3.63) is 12.2 Å². The maximum absolute atomic E-state index is 12.5. The zero-order valence-corrected chi connectivity index (χ0v) is 44.0. The lowest BCUT2D eigenvalue weighted by Gasteiger charge is -2.22. The van der Waals surface area contributed by atoms with E-state index in [1.54, 1.807) is 0 Å². The molecule has 0 fully saturated rings. The van der Waals surface area contributed by atoms with E-state index in [2.05, 4.69) is 31.3 Å². The first-order valence-corrected chi connectivity index (χ1v) is 29.4. The molecule has 0 aromatic heterocycles. The Morgan fingerprint density at radius 2 is 0.738 bits per heavy atom. The molecular weight excluding hydrogens is 803 g/mol. The quantitative estimate of drug-likeness (QED) is 0.0321. The van der Waals surface area contributed by atoms with Gasteiger partial charge in [-0.1, -0.05) is 283 Å². The Morgan fingerprint density at radius 1 is 0.415 bits per heavy atom. The largest absolute Gasteiger partial charge is 0.466 e. The van der Waals surface area contributed by atoms with Crippen molar-refractivity contribution in [3.8, 4) is 0 Å². The second kappa shape index (κ2) is 55.2. The van der Waals surface area contributed by atoms with Gasteiger partial charge in [-0.3, -0.25) is 9.59 Å². The number of carbonyl (C=O) groups excluding carboxylic acids is 2. The van der Waals surface area contributed by atoms with Crippen LogP contribution in [0, 0.1) is 0 Å². The van der Waals surface area contributed by atoms with Crippen molar-refractivity contribution in [2.75, 3.05) is 13.2 Å². The highest BCUT2D eigenvalue weighted by Crippen LogP contribution is 2.18. The lowest BCUT2D eigenvalue weighted by molar-refractivity contribution is -0.143. The van der Waals surface area contributed by atoms with E-state index in [1.165, 1.54) is 225 Å². The van der Waals surface area contributed by atoms with Gasteiger partial charge in [0.1, 0.15) is 0 Å². The molecule has 2 unspecified atom stereocenters. The van der Waals surface area contributed by atoms with E-state index in [0.717, 1.165) is 70.6 Å². The number of hydrogen-bond donors (Lipinski definition) is 3. The van der Waals surface area contributed by atoms with Crippen molar-refractivity contribution in [2.45, 2.75) is 341 Å². The van der Waals surface area contributed by atoms with E-state index in [0.29, 0.717) is 25.9 Å². The maximum Gasteiger partial charge on any atom is 0.305 e. The molecule has 0 aromatic rings. The van der Waals surface area contributed by atoms with Gasteiger partial charge >= 0.3 is 5.97 Å². The number of ether oxygens (including phenoxy) is 1. The molecule has 0 aliphatic rings. The van der Waals surface area contributed by atoms with E-state index in [4.69, 9.17) is 4.74 Å². The van der Waals surface area contributed by atoms with Crippen molar-refractivity contribution in [2.24, 2.45) is 0 Å². The highest BCUT2D eigenvalue weighted by atomic mass is 16.5. The zero-order valence-electron chi connectivity index (χ0n) is 44.0. The number of esters is 1. The normalized spacial score (nSPS) is 12.6. The molecule has 6 nitrogen and oxygen atoms in total. The first-order valence-electron chi connectivity index (χ1n) is 29.4.